The van der Waals surface area contributed by atoms with E-state index in [-0.39, 0.29) is 18.3 Å². The van der Waals surface area contributed by atoms with Crippen LogP contribution in [0.5, 0.6) is 0 Å². The van der Waals surface area contributed by atoms with Crippen LogP contribution in [-0.2, 0) is 16.2 Å². The number of hydrogen-bond acceptors (Lipinski definition) is 3. The predicted molar refractivity (Wildman–Crippen MR) is 60.3 cm³/mol. The lowest BCUT2D eigenvalue weighted by molar-refractivity contribution is -0.135. The standard InChI is InChI=1S/C10H14N2O2.ClH/c1-8(11)10(13)12-14-7-9-5-3-2-4-6-9;/h2-6,8H,7,11H2,1H3,(H,12,13);1H/t8-;/m1./s1. The topological polar surface area (TPSA) is 64.4 Å². The van der Waals surface area contributed by atoms with Gasteiger partial charge >= 0.3 is 0 Å². The van der Waals surface area contributed by atoms with E-state index in [1.807, 2.05) is 30.3 Å². The molecular weight excluding hydrogens is 216 g/mol. The molecule has 84 valence electrons. The highest BCUT2D eigenvalue weighted by molar-refractivity contribution is 5.85. The Labute approximate surface area is 95.2 Å². The summed E-state index contributed by atoms with van der Waals surface area (Å²) in [5.41, 5.74) is 8.59. The molecule has 1 atom stereocenters. The Balaban J connectivity index is 0.00000196. The van der Waals surface area contributed by atoms with Crippen molar-refractivity contribution in [3.63, 3.8) is 0 Å². The van der Waals surface area contributed by atoms with Crippen LogP contribution >= 0.6 is 12.4 Å². The van der Waals surface area contributed by atoms with Gasteiger partial charge in [-0.3, -0.25) is 9.63 Å². The minimum Gasteiger partial charge on any atom is -0.320 e. The molecule has 1 aromatic rings. The number of amides is 1. The maximum atomic E-state index is 11.0. The molecule has 1 rings (SSSR count). The minimum atomic E-state index is -0.550. The smallest absolute Gasteiger partial charge is 0.260 e. The average molecular weight is 231 g/mol. The normalized spacial score (nSPS) is 11.3. The maximum absolute atomic E-state index is 11.0. The van der Waals surface area contributed by atoms with Crippen LogP contribution in [0, 0.1) is 0 Å². The third-order valence-corrected chi connectivity index (χ3v) is 1.67. The fraction of sp³-hybridized carbons (Fsp3) is 0.300. The number of carbonyl (C=O) groups is 1. The van der Waals surface area contributed by atoms with Gasteiger partial charge in [0, 0.05) is 0 Å². The molecular formula is C10H15ClN2O2. The molecule has 4 nitrogen and oxygen atoms in total. The number of nitrogens with one attached hydrogen (secondary N) is 1. The molecule has 0 unspecified atom stereocenters. The molecule has 0 aliphatic rings. The fourth-order valence-corrected chi connectivity index (χ4v) is 0.858. The summed E-state index contributed by atoms with van der Waals surface area (Å²) in [5.74, 6) is -0.319. The summed E-state index contributed by atoms with van der Waals surface area (Å²) in [7, 11) is 0. The van der Waals surface area contributed by atoms with E-state index in [1.54, 1.807) is 6.92 Å². The van der Waals surface area contributed by atoms with Gasteiger partial charge in [0.1, 0.15) is 0 Å². The lowest BCUT2D eigenvalue weighted by atomic mass is 10.2. The van der Waals surface area contributed by atoms with Gasteiger partial charge in [0.15, 0.2) is 0 Å². The molecule has 15 heavy (non-hydrogen) atoms. The Bertz CT molecular complexity index is 291. The zero-order valence-electron chi connectivity index (χ0n) is 8.47. The maximum Gasteiger partial charge on any atom is 0.260 e. The van der Waals surface area contributed by atoms with Gasteiger partial charge in [-0.05, 0) is 12.5 Å². The van der Waals surface area contributed by atoms with Gasteiger partial charge in [0.25, 0.3) is 5.91 Å². The van der Waals surface area contributed by atoms with Crippen molar-refractivity contribution in [2.24, 2.45) is 5.73 Å². The Morgan fingerprint density at radius 2 is 2.07 bits per heavy atom. The Kier molecular flexibility index (Phi) is 6.70. The molecule has 0 fully saturated rings. The highest BCUT2D eigenvalue weighted by Crippen LogP contribution is 1.98. The summed E-state index contributed by atoms with van der Waals surface area (Å²) in [6, 6.07) is 9.02. The summed E-state index contributed by atoms with van der Waals surface area (Å²) >= 11 is 0. The second kappa shape index (κ2) is 7.23. The molecule has 1 aromatic carbocycles. The average Bonchev–Trinajstić information content (AvgIpc) is 2.19. The number of rotatable bonds is 4. The van der Waals surface area contributed by atoms with E-state index in [9.17, 15) is 4.79 Å². The minimum absolute atomic E-state index is 0. The van der Waals surface area contributed by atoms with Crippen LogP contribution in [0.25, 0.3) is 0 Å². The van der Waals surface area contributed by atoms with Crippen molar-refractivity contribution in [3.8, 4) is 0 Å². The van der Waals surface area contributed by atoms with Crippen LogP contribution < -0.4 is 11.2 Å². The highest BCUT2D eigenvalue weighted by Gasteiger charge is 2.05. The summed E-state index contributed by atoms with van der Waals surface area (Å²) in [6.45, 7) is 1.94. The van der Waals surface area contributed by atoms with E-state index in [4.69, 9.17) is 10.6 Å². The molecule has 0 aliphatic heterocycles. The van der Waals surface area contributed by atoms with Crippen molar-refractivity contribution in [2.75, 3.05) is 0 Å². The summed E-state index contributed by atoms with van der Waals surface area (Å²) in [6.07, 6.45) is 0. The highest BCUT2D eigenvalue weighted by atomic mass is 35.5. The second-order valence-corrected chi connectivity index (χ2v) is 3.03. The number of nitrogens with two attached hydrogens (primary N) is 1. The second-order valence-electron chi connectivity index (χ2n) is 3.03. The quantitative estimate of drug-likeness (QED) is 0.759. The SMILES string of the molecule is C[C@@H](N)C(=O)NOCc1ccccc1.Cl. The summed E-state index contributed by atoms with van der Waals surface area (Å²) in [5, 5.41) is 0. The molecule has 0 radical (unpaired) electrons. The first-order valence-corrected chi connectivity index (χ1v) is 4.41. The molecule has 0 spiro atoms. The first-order valence-electron chi connectivity index (χ1n) is 4.41. The molecule has 0 saturated carbocycles. The molecule has 0 aliphatic carbocycles. The van der Waals surface area contributed by atoms with E-state index in [0.717, 1.165) is 5.56 Å². The Morgan fingerprint density at radius 3 is 2.60 bits per heavy atom. The number of hydrogen-bond donors (Lipinski definition) is 2. The molecule has 1 amide bonds. The lowest BCUT2D eigenvalue weighted by Gasteiger charge is -2.07. The number of benzene rings is 1. The van der Waals surface area contributed by atoms with Gasteiger partial charge in [0.05, 0.1) is 12.6 Å². The largest absolute Gasteiger partial charge is 0.320 e. The van der Waals surface area contributed by atoms with Crippen molar-refractivity contribution in [2.45, 2.75) is 19.6 Å². The van der Waals surface area contributed by atoms with Gasteiger partial charge in [-0.2, -0.15) is 0 Å². The number of hydroxylamine groups is 1. The Morgan fingerprint density at radius 1 is 1.47 bits per heavy atom. The first-order chi connectivity index (χ1) is 6.70. The van der Waals surface area contributed by atoms with Gasteiger partial charge in [-0.1, -0.05) is 30.3 Å². The zero-order chi connectivity index (χ0) is 10.4. The van der Waals surface area contributed by atoms with Gasteiger partial charge in [-0.15, -0.1) is 12.4 Å². The third kappa shape index (κ3) is 5.37. The molecule has 0 aromatic heterocycles. The van der Waals surface area contributed by atoms with E-state index in [1.165, 1.54) is 0 Å². The van der Waals surface area contributed by atoms with Crippen LogP contribution in [0.3, 0.4) is 0 Å². The van der Waals surface area contributed by atoms with Gasteiger partial charge in [0.2, 0.25) is 0 Å². The monoisotopic (exact) mass is 230 g/mol. The first kappa shape index (κ1) is 13.9. The summed E-state index contributed by atoms with van der Waals surface area (Å²) in [4.78, 5) is 15.9. The van der Waals surface area contributed by atoms with Crippen LogP contribution in [0.15, 0.2) is 30.3 Å². The molecule has 0 heterocycles. The molecule has 5 heteroatoms. The Hall–Kier alpha value is -1.10. The van der Waals surface area contributed by atoms with Crippen molar-refractivity contribution in [3.05, 3.63) is 35.9 Å². The van der Waals surface area contributed by atoms with E-state index in [2.05, 4.69) is 5.48 Å². The van der Waals surface area contributed by atoms with Crippen LogP contribution in [0.4, 0.5) is 0 Å². The molecule has 0 saturated heterocycles. The van der Waals surface area contributed by atoms with Crippen molar-refractivity contribution < 1.29 is 9.63 Å². The van der Waals surface area contributed by atoms with E-state index in [0.29, 0.717) is 6.61 Å². The van der Waals surface area contributed by atoms with Crippen LogP contribution in [-0.4, -0.2) is 11.9 Å². The van der Waals surface area contributed by atoms with Gasteiger partial charge < -0.3 is 5.73 Å². The zero-order valence-corrected chi connectivity index (χ0v) is 9.29. The van der Waals surface area contributed by atoms with Crippen molar-refractivity contribution >= 4 is 18.3 Å². The molecule has 3 N–H and O–H groups in total. The van der Waals surface area contributed by atoms with Gasteiger partial charge in [-0.25, -0.2) is 5.48 Å². The molecule has 0 bridgehead atoms. The van der Waals surface area contributed by atoms with E-state index >= 15 is 0 Å². The lowest BCUT2D eigenvalue weighted by Crippen LogP contribution is -2.38. The predicted octanol–water partition coefficient (Wildman–Crippen LogP) is 1.00. The number of halogens is 1. The third-order valence-electron chi connectivity index (χ3n) is 1.67. The van der Waals surface area contributed by atoms with Crippen LogP contribution in [0.1, 0.15) is 12.5 Å². The van der Waals surface area contributed by atoms with Crippen LogP contribution in [0.2, 0.25) is 0 Å². The number of carbonyl (C=O) groups excluding carboxylic acids is 1. The van der Waals surface area contributed by atoms with Crippen molar-refractivity contribution in [1.82, 2.24) is 5.48 Å². The fourth-order valence-electron chi connectivity index (χ4n) is 0.858. The van der Waals surface area contributed by atoms with Crippen molar-refractivity contribution in [1.29, 1.82) is 0 Å². The van der Waals surface area contributed by atoms with E-state index < -0.39 is 6.04 Å². The summed E-state index contributed by atoms with van der Waals surface area (Å²) < 4.78 is 0.